The van der Waals surface area contributed by atoms with Gasteiger partial charge in [-0.2, -0.15) is 0 Å². The van der Waals surface area contributed by atoms with Gasteiger partial charge in [-0.25, -0.2) is 0 Å². The highest BCUT2D eigenvalue weighted by Crippen LogP contribution is 2.65. The van der Waals surface area contributed by atoms with E-state index in [0.29, 0.717) is 23.7 Å². The van der Waals surface area contributed by atoms with Crippen LogP contribution in [0, 0.1) is 22.7 Å². The first-order chi connectivity index (χ1) is 7.97. The van der Waals surface area contributed by atoms with Crippen LogP contribution in [0.4, 0.5) is 0 Å². The van der Waals surface area contributed by atoms with E-state index in [1.807, 2.05) is 0 Å². The van der Waals surface area contributed by atoms with E-state index in [-0.39, 0.29) is 17.6 Å². The molecule has 17 heavy (non-hydrogen) atoms. The van der Waals surface area contributed by atoms with Crippen molar-refractivity contribution in [2.24, 2.45) is 22.7 Å². The molecule has 3 nitrogen and oxygen atoms in total. The molecule has 4 atom stereocenters. The lowest BCUT2D eigenvalue weighted by Gasteiger charge is -2.42. The van der Waals surface area contributed by atoms with Crippen molar-refractivity contribution >= 4 is 5.78 Å². The number of Topliss-reactive ketones (excluding diaryl/α,β-unsaturated/α-hetero) is 1. The molecule has 3 heteroatoms. The molecule has 2 aliphatic carbocycles. The van der Waals surface area contributed by atoms with E-state index < -0.39 is 0 Å². The van der Waals surface area contributed by atoms with Crippen molar-refractivity contribution < 1.29 is 14.3 Å². The summed E-state index contributed by atoms with van der Waals surface area (Å²) in [5, 5.41) is 0. The summed E-state index contributed by atoms with van der Waals surface area (Å²) in [5.41, 5.74) is 0.554. The van der Waals surface area contributed by atoms with Crippen LogP contribution in [0.25, 0.3) is 0 Å². The molecule has 3 rings (SSSR count). The Morgan fingerprint density at radius 1 is 1.35 bits per heavy atom. The predicted molar refractivity (Wildman–Crippen MR) is 63.4 cm³/mol. The summed E-state index contributed by atoms with van der Waals surface area (Å²) < 4.78 is 11.0. The molecule has 1 spiro atoms. The number of ether oxygens (including phenoxy) is 2. The summed E-state index contributed by atoms with van der Waals surface area (Å²) >= 11 is 0. The van der Waals surface area contributed by atoms with Gasteiger partial charge in [-0.15, -0.1) is 0 Å². The van der Waals surface area contributed by atoms with Gasteiger partial charge >= 0.3 is 0 Å². The van der Waals surface area contributed by atoms with Gasteiger partial charge in [0, 0.05) is 25.9 Å². The van der Waals surface area contributed by atoms with E-state index in [0.717, 1.165) is 19.3 Å². The van der Waals surface area contributed by atoms with E-state index in [4.69, 9.17) is 9.47 Å². The largest absolute Gasteiger partial charge is 0.356 e. The molecular formula is C14H22O3. The second-order valence-corrected chi connectivity index (χ2v) is 6.90. The third kappa shape index (κ3) is 1.59. The third-order valence-corrected chi connectivity index (χ3v) is 5.21. The Morgan fingerprint density at radius 3 is 2.82 bits per heavy atom. The predicted octanol–water partition coefficient (Wildman–Crippen LogP) is 2.39. The average molecular weight is 238 g/mol. The Morgan fingerprint density at radius 2 is 2.12 bits per heavy atom. The summed E-state index contributed by atoms with van der Waals surface area (Å²) in [6, 6.07) is 0. The van der Waals surface area contributed by atoms with Crippen molar-refractivity contribution in [1.29, 1.82) is 0 Å². The zero-order valence-electron chi connectivity index (χ0n) is 11.0. The highest BCUT2D eigenvalue weighted by atomic mass is 16.7. The van der Waals surface area contributed by atoms with Crippen molar-refractivity contribution in [2.45, 2.75) is 45.8 Å². The van der Waals surface area contributed by atoms with Crippen LogP contribution in [0.3, 0.4) is 0 Å². The maximum absolute atomic E-state index is 12.1. The summed E-state index contributed by atoms with van der Waals surface area (Å²) in [5.74, 6) is 1.14. The zero-order valence-corrected chi connectivity index (χ0v) is 11.0. The van der Waals surface area contributed by atoms with Crippen LogP contribution in [0.15, 0.2) is 0 Å². The third-order valence-electron chi connectivity index (χ3n) is 5.21. The fourth-order valence-electron chi connectivity index (χ4n) is 4.73. The van der Waals surface area contributed by atoms with Crippen molar-refractivity contribution in [1.82, 2.24) is 0 Å². The summed E-state index contributed by atoms with van der Waals surface area (Å²) in [4.78, 5) is 12.1. The standard InChI is InChI=1S/C14H22O3/c1-13(2)5-9-4-11(15)10-7-17-12(16-3)6-14(9,10)8-13/h9-10,12H,4-8H2,1-3H3/t9-,10+,12+,14+/m1/s1. The number of methoxy groups -OCH3 is 1. The average Bonchev–Trinajstić information content (AvgIpc) is 2.62. The number of hydrogen-bond acceptors (Lipinski definition) is 3. The summed E-state index contributed by atoms with van der Waals surface area (Å²) in [7, 11) is 1.70. The topological polar surface area (TPSA) is 35.5 Å². The maximum Gasteiger partial charge on any atom is 0.157 e. The van der Waals surface area contributed by atoms with Gasteiger partial charge in [0.05, 0.1) is 6.61 Å². The summed E-state index contributed by atoms with van der Waals surface area (Å²) in [6.45, 7) is 5.24. The molecule has 3 fully saturated rings. The molecule has 0 aromatic carbocycles. The van der Waals surface area contributed by atoms with Crippen molar-refractivity contribution in [3.63, 3.8) is 0 Å². The molecule has 3 aliphatic rings. The van der Waals surface area contributed by atoms with E-state index in [2.05, 4.69) is 13.8 Å². The van der Waals surface area contributed by atoms with Crippen LogP contribution in [0.2, 0.25) is 0 Å². The molecule has 0 aromatic heterocycles. The monoisotopic (exact) mass is 238 g/mol. The molecule has 96 valence electrons. The Labute approximate surface area is 103 Å². The molecule has 2 saturated carbocycles. The maximum atomic E-state index is 12.1. The first kappa shape index (κ1) is 11.7. The van der Waals surface area contributed by atoms with Gasteiger partial charge in [-0.05, 0) is 29.6 Å². The van der Waals surface area contributed by atoms with E-state index in [9.17, 15) is 4.79 Å². The van der Waals surface area contributed by atoms with Crippen molar-refractivity contribution in [2.75, 3.05) is 13.7 Å². The molecule has 0 bridgehead atoms. The highest BCUT2D eigenvalue weighted by molar-refractivity contribution is 5.85. The second kappa shape index (κ2) is 3.55. The normalized spacial score (nSPS) is 47.9. The molecule has 1 saturated heterocycles. The number of hydrogen-bond donors (Lipinski definition) is 0. The highest BCUT2D eigenvalue weighted by Gasteiger charge is 2.63. The lowest BCUT2D eigenvalue weighted by atomic mass is 9.68. The van der Waals surface area contributed by atoms with Gasteiger partial charge in [0.25, 0.3) is 0 Å². The minimum absolute atomic E-state index is 0.103. The van der Waals surface area contributed by atoms with Gasteiger partial charge < -0.3 is 9.47 Å². The van der Waals surface area contributed by atoms with Crippen LogP contribution >= 0.6 is 0 Å². The van der Waals surface area contributed by atoms with Gasteiger partial charge in [0.1, 0.15) is 5.78 Å². The zero-order chi connectivity index (χ0) is 12.3. The van der Waals surface area contributed by atoms with Gasteiger partial charge in [-0.1, -0.05) is 13.8 Å². The quantitative estimate of drug-likeness (QED) is 0.703. The number of rotatable bonds is 1. The molecular weight excluding hydrogens is 216 g/mol. The summed E-state index contributed by atoms with van der Waals surface area (Å²) in [6.07, 6.45) is 3.92. The van der Waals surface area contributed by atoms with Gasteiger partial charge in [-0.3, -0.25) is 4.79 Å². The lowest BCUT2D eigenvalue weighted by molar-refractivity contribution is -0.199. The smallest absolute Gasteiger partial charge is 0.157 e. The van der Waals surface area contributed by atoms with Gasteiger partial charge in [0.2, 0.25) is 0 Å². The lowest BCUT2D eigenvalue weighted by Crippen LogP contribution is -2.44. The molecule has 0 unspecified atom stereocenters. The Bertz CT molecular complexity index is 349. The van der Waals surface area contributed by atoms with Crippen molar-refractivity contribution in [3.8, 4) is 0 Å². The van der Waals surface area contributed by atoms with Crippen LogP contribution in [0.5, 0.6) is 0 Å². The second-order valence-electron chi connectivity index (χ2n) is 6.90. The SMILES string of the molecule is CO[C@@H]1C[C@]23CC(C)(C)C[C@H]2CC(=O)[C@@H]3CO1. The van der Waals surface area contributed by atoms with Gasteiger partial charge in [0.15, 0.2) is 6.29 Å². The van der Waals surface area contributed by atoms with E-state index in [1.54, 1.807) is 7.11 Å². The molecule has 0 aromatic rings. The first-order valence-electron chi connectivity index (χ1n) is 6.64. The van der Waals surface area contributed by atoms with Crippen LogP contribution < -0.4 is 0 Å². The Kier molecular flexibility index (Phi) is 2.43. The van der Waals surface area contributed by atoms with Crippen LogP contribution in [0.1, 0.15) is 39.5 Å². The molecule has 1 aliphatic heterocycles. The molecule has 1 heterocycles. The molecule has 0 amide bonds. The Hall–Kier alpha value is -0.410. The number of carbonyl (C=O) groups excluding carboxylic acids is 1. The minimum Gasteiger partial charge on any atom is -0.356 e. The Balaban J connectivity index is 1.94. The molecule has 0 radical (unpaired) electrons. The fraction of sp³-hybridized carbons (Fsp3) is 0.929. The van der Waals surface area contributed by atoms with Crippen LogP contribution in [-0.2, 0) is 14.3 Å². The first-order valence-corrected chi connectivity index (χ1v) is 6.64. The van der Waals surface area contributed by atoms with Crippen molar-refractivity contribution in [3.05, 3.63) is 0 Å². The fourth-order valence-corrected chi connectivity index (χ4v) is 4.73. The van der Waals surface area contributed by atoms with E-state index >= 15 is 0 Å². The van der Waals surface area contributed by atoms with Crippen LogP contribution in [-0.4, -0.2) is 25.8 Å². The molecule has 0 N–H and O–H groups in total. The number of ketones is 1. The minimum atomic E-state index is -0.103. The van der Waals surface area contributed by atoms with E-state index in [1.165, 1.54) is 6.42 Å². The number of carbonyl (C=O) groups is 1.